The van der Waals surface area contributed by atoms with Crippen LogP contribution in [0.4, 0.5) is 4.39 Å². The molecule has 1 N–H and O–H groups in total. The van der Waals surface area contributed by atoms with Crippen molar-refractivity contribution in [3.05, 3.63) is 50.8 Å². The Labute approximate surface area is 122 Å². The van der Waals surface area contributed by atoms with E-state index < -0.39 is 11.8 Å². The van der Waals surface area contributed by atoms with Crippen LogP contribution < -0.4 is 0 Å². The van der Waals surface area contributed by atoms with Gasteiger partial charge in [0.25, 0.3) is 0 Å². The molecule has 7 heteroatoms. The second-order valence-corrected chi connectivity index (χ2v) is 4.85. The standard InChI is InChI=1S/C12H5Cl3FNO2/c13-5-1-8(14)10(9(15)2-5)11-7(12(18)19)3-6(16)4-17-11/h1-4H,(H,18,19). The number of hydrogen-bond donors (Lipinski definition) is 1. The molecule has 1 aromatic carbocycles. The van der Waals surface area contributed by atoms with Gasteiger partial charge in [-0.1, -0.05) is 34.8 Å². The average molecular weight is 321 g/mol. The van der Waals surface area contributed by atoms with Gasteiger partial charge in [0, 0.05) is 10.6 Å². The normalized spacial score (nSPS) is 10.5. The van der Waals surface area contributed by atoms with Crippen LogP contribution in [0.5, 0.6) is 0 Å². The van der Waals surface area contributed by atoms with Crippen molar-refractivity contribution in [3.8, 4) is 11.3 Å². The quantitative estimate of drug-likeness (QED) is 0.883. The van der Waals surface area contributed by atoms with E-state index in [9.17, 15) is 9.18 Å². The van der Waals surface area contributed by atoms with Crippen molar-refractivity contribution in [2.24, 2.45) is 0 Å². The molecule has 0 spiro atoms. The average Bonchev–Trinajstić information content (AvgIpc) is 2.29. The topological polar surface area (TPSA) is 50.2 Å². The van der Waals surface area contributed by atoms with Gasteiger partial charge < -0.3 is 5.11 Å². The first kappa shape index (κ1) is 14.1. The zero-order valence-electron chi connectivity index (χ0n) is 9.12. The summed E-state index contributed by atoms with van der Waals surface area (Å²) >= 11 is 17.8. The van der Waals surface area contributed by atoms with Gasteiger partial charge in [-0.25, -0.2) is 9.18 Å². The van der Waals surface area contributed by atoms with E-state index in [0.717, 1.165) is 12.3 Å². The Bertz CT molecular complexity index is 653. The highest BCUT2D eigenvalue weighted by Crippen LogP contribution is 2.37. The van der Waals surface area contributed by atoms with Gasteiger partial charge in [-0.2, -0.15) is 0 Å². The second-order valence-electron chi connectivity index (χ2n) is 3.60. The number of aromatic nitrogens is 1. The van der Waals surface area contributed by atoms with E-state index in [4.69, 9.17) is 39.9 Å². The molecule has 0 aliphatic rings. The smallest absolute Gasteiger partial charge is 0.338 e. The predicted octanol–water partition coefficient (Wildman–Crippen LogP) is 4.55. The van der Waals surface area contributed by atoms with Crippen LogP contribution in [0.3, 0.4) is 0 Å². The third-order valence-electron chi connectivity index (χ3n) is 2.33. The molecule has 0 aliphatic carbocycles. The van der Waals surface area contributed by atoms with Crippen LogP contribution in [0.2, 0.25) is 15.1 Å². The third kappa shape index (κ3) is 2.81. The van der Waals surface area contributed by atoms with E-state index in [0.29, 0.717) is 5.02 Å². The molecule has 0 bridgehead atoms. The van der Waals surface area contributed by atoms with E-state index in [1.165, 1.54) is 12.1 Å². The van der Waals surface area contributed by atoms with Gasteiger partial charge in [-0.3, -0.25) is 4.98 Å². The van der Waals surface area contributed by atoms with E-state index >= 15 is 0 Å². The Morgan fingerprint density at radius 3 is 2.26 bits per heavy atom. The predicted molar refractivity (Wildman–Crippen MR) is 71.6 cm³/mol. The first-order valence-corrected chi connectivity index (χ1v) is 6.07. The lowest BCUT2D eigenvalue weighted by atomic mass is 10.1. The van der Waals surface area contributed by atoms with Crippen molar-refractivity contribution in [3.63, 3.8) is 0 Å². The molecule has 98 valence electrons. The lowest BCUT2D eigenvalue weighted by Crippen LogP contribution is -2.03. The zero-order chi connectivity index (χ0) is 14.2. The minimum absolute atomic E-state index is 0.0134. The third-order valence-corrected chi connectivity index (χ3v) is 3.14. The van der Waals surface area contributed by atoms with Crippen molar-refractivity contribution >= 4 is 40.8 Å². The Morgan fingerprint density at radius 1 is 1.16 bits per heavy atom. The Hall–Kier alpha value is -1.36. The monoisotopic (exact) mass is 319 g/mol. The second kappa shape index (κ2) is 5.33. The largest absolute Gasteiger partial charge is 0.478 e. The maximum absolute atomic E-state index is 13.1. The van der Waals surface area contributed by atoms with Gasteiger partial charge in [-0.05, 0) is 18.2 Å². The number of carboxylic acid groups (broad SMARTS) is 1. The van der Waals surface area contributed by atoms with Crippen LogP contribution in [0.1, 0.15) is 10.4 Å². The van der Waals surface area contributed by atoms with Gasteiger partial charge in [0.05, 0.1) is 27.5 Å². The Morgan fingerprint density at radius 2 is 1.74 bits per heavy atom. The van der Waals surface area contributed by atoms with Gasteiger partial charge in [0.2, 0.25) is 0 Å². The van der Waals surface area contributed by atoms with Crippen LogP contribution in [0, 0.1) is 5.82 Å². The lowest BCUT2D eigenvalue weighted by molar-refractivity contribution is 0.0697. The van der Waals surface area contributed by atoms with Crippen LogP contribution in [-0.2, 0) is 0 Å². The maximum atomic E-state index is 13.1. The number of rotatable bonds is 2. The number of pyridine rings is 1. The summed E-state index contributed by atoms with van der Waals surface area (Å²) in [6.45, 7) is 0. The molecule has 0 saturated carbocycles. The molecule has 0 aliphatic heterocycles. The fourth-order valence-electron chi connectivity index (χ4n) is 1.57. The molecule has 1 aromatic heterocycles. The highest BCUT2D eigenvalue weighted by molar-refractivity contribution is 6.41. The maximum Gasteiger partial charge on any atom is 0.338 e. The Balaban J connectivity index is 2.76. The molecule has 1 heterocycles. The summed E-state index contributed by atoms with van der Waals surface area (Å²) in [7, 11) is 0. The number of carbonyl (C=O) groups is 1. The van der Waals surface area contributed by atoms with Gasteiger partial charge in [-0.15, -0.1) is 0 Å². The van der Waals surface area contributed by atoms with Gasteiger partial charge in [0.1, 0.15) is 5.82 Å². The van der Waals surface area contributed by atoms with Crippen molar-refractivity contribution in [2.45, 2.75) is 0 Å². The van der Waals surface area contributed by atoms with Crippen LogP contribution in [0.25, 0.3) is 11.3 Å². The van der Waals surface area contributed by atoms with Crippen LogP contribution in [-0.4, -0.2) is 16.1 Å². The molecule has 0 radical (unpaired) electrons. The van der Waals surface area contributed by atoms with E-state index in [-0.39, 0.29) is 26.9 Å². The molecule has 3 nitrogen and oxygen atoms in total. The number of halogens is 4. The van der Waals surface area contributed by atoms with Crippen LogP contribution >= 0.6 is 34.8 Å². The molecule has 2 aromatic rings. The minimum atomic E-state index is -1.33. The molecule has 0 atom stereocenters. The molecular formula is C12H5Cl3FNO2. The fraction of sp³-hybridized carbons (Fsp3) is 0. The molecule has 0 amide bonds. The summed E-state index contributed by atoms with van der Waals surface area (Å²) in [5, 5.41) is 9.65. The van der Waals surface area contributed by atoms with Crippen molar-refractivity contribution in [1.82, 2.24) is 4.98 Å². The summed E-state index contributed by atoms with van der Waals surface area (Å²) in [6, 6.07) is 3.66. The summed E-state index contributed by atoms with van der Waals surface area (Å²) in [6.07, 6.45) is 0.892. The summed E-state index contributed by atoms with van der Waals surface area (Å²) in [4.78, 5) is 14.9. The molecule has 0 fully saturated rings. The van der Waals surface area contributed by atoms with Crippen molar-refractivity contribution in [1.29, 1.82) is 0 Å². The number of aromatic carboxylic acids is 1. The molecule has 19 heavy (non-hydrogen) atoms. The number of hydrogen-bond acceptors (Lipinski definition) is 2. The number of benzene rings is 1. The number of carboxylic acids is 1. The van der Waals surface area contributed by atoms with Gasteiger partial charge >= 0.3 is 5.97 Å². The molecular weight excluding hydrogens is 315 g/mol. The number of nitrogens with zero attached hydrogens (tertiary/aromatic N) is 1. The minimum Gasteiger partial charge on any atom is -0.478 e. The first-order chi connectivity index (χ1) is 8.90. The summed E-state index contributed by atoms with van der Waals surface area (Å²) < 4.78 is 13.1. The van der Waals surface area contributed by atoms with Gasteiger partial charge in [0.15, 0.2) is 0 Å². The zero-order valence-corrected chi connectivity index (χ0v) is 11.4. The molecule has 2 rings (SSSR count). The Kier molecular flexibility index (Phi) is 3.94. The molecule has 0 saturated heterocycles. The van der Waals surface area contributed by atoms with Crippen LogP contribution in [0.15, 0.2) is 24.4 Å². The highest BCUT2D eigenvalue weighted by atomic mass is 35.5. The lowest BCUT2D eigenvalue weighted by Gasteiger charge is -2.10. The van der Waals surface area contributed by atoms with Crippen molar-refractivity contribution in [2.75, 3.05) is 0 Å². The van der Waals surface area contributed by atoms with E-state index in [2.05, 4.69) is 4.98 Å². The SMILES string of the molecule is O=C(O)c1cc(F)cnc1-c1c(Cl)cc(Cl)cc1Cl. The first-order valence-electron chi connectivity index (χ1n) is 4.94. The summed E-state index contributed by atoms with van der Waals surface area (Å²) in [5.74, 6) is -2.09. The molecule has 0 unspecified atom stereocenters. The fourth-order valence-corrected chi connectivity index (χ4v) is 2.57. The summed E-state index contributed by atoms with van der Waals surface area (Å²) in [5.41, 5.74) is -0.142. The highest BCUT2D eigenvalue weighted by Gasteiger charge is 2.19. The van der Waals surface area contributed by atoms with E-state index in [1.54, 1.807) is 0 Å². The van der Waals surface area contributed by atoms with E-state index in [1.807, 2.05) is 0 Å². The van der Waals surface area contributed by atoms with Crippen molar-refractivity contribution < 1.29 is 14.3 Å².